The second-order valence-electron chi connectivity index (χ2n) is 3.95. The van der Waals surface area contributed by atoms with Gasteiger partial charge in [0.25, 0.3) is 0 Å². The van der Waals surface area contributed by atoms with Gasteiger partial charge in [0, 0.05) is 25.7 Å². The summed E-state index contributed by atoms with van der Waals surface area (Å²) >= 11 is 0. The number of nitrogens with zero attached hydrogens (tertiary/aromatic N) is 2. The molecule has 0 amide bonds. The van der Waals surface area contributed by atoms with Gasteiger partial charge in [-0.3, -0.25) is 4.90 Å². The molecule has 1 rings (SSSR count). The van der Waals surface area contributed by atoms with Crippen molar-refractivity contribution in [2.24, 2.45) is 0 Å². The average Bonchev–Trinajstić information content (AvgIpc) is 2.58. The van der Waals surface area contributed by atoms with Crippen LogP contribution in [-0.4, -0.2) is 62.8 Å². The van der Waals surface area contributed by atoms with E-state index in [0.29, 0.717) is 6.04 Å². The Morgan fingerprint density at radius 2 is 2.08 bits per heavy atom. The van der Waals surface area contributed by atoms with E-state index in [-0.39, 0.29) is 0 Å². The molecule has 0 aromatic heterocycles. The van der Waals surface area contributed by atoms with Crippen molar-refractivity contribution in [2.75, 3.05) is 46.9 Å². The molecule has 1 aliphatic heterocycles. The number of likely N-dealkylation sites (N-methyl/N-ethyl adjacent to an activating group) is 2. The fourth-order valence-electron chi connectivity index (χ4n) is 1.74. The lowest BCUT2D eigenvalue weighted by Gasteiger charge is -2.27. The predicted molar refractivity (Wildman–Crippen MR) is 55.0 cm³/mol. The minimum atomic E-state index is 0.671. The van der Waals surface area contributed by atoms with Crippen molar-refractivity contribution in [3.8, 4) is 0 Å². The number of ether oxygens (including phenoxy) is 1. The summed E-state index contributed by atoms with van der Waals surface area (Å²) < 4.78 is 5.39. The normalized spacial score (nSPS) is 23.3. The largest absolute Gasteiger partial charge is 0.380 e. The van der Waals surface area contributed by atoms with Gasteiger partial charge in [0.15, 0.2) is 0 Å². The van der Waals surface area contributed by atoms with Crippen LogP contribution in [0.3, 0.4) is 0 Å². The molecule has 0 aliphatic carbocycles. The molecule has 0 aromatic carbocycles. The van der Waals surface area contributed by atoms with Gasteiger partial charge in [0.1, 0.15) is 0 Å². The van der Waals surface area contributed by atoms with Crippen molar-refractivity contribution >= 4 is 0 Å². The van der Waals surface area contributed by atoms with Crippen LogP contribution in [-0.2, 0) is 4.74 Å². The third kappa shape index (κ3) is 3.63. The summed E-state index contributed by atoms with van der Waals surface area (Å²) in [6.07, 6.45) is 1.21. The van der Waals surface area contributed by atoms with Gasteiger partial charge in [-0.15, -0.1) is 0 Å². The Balaban J connectivity index is 2.24. The Bertz CT molecular complexity index is 133. The molecule has 1 atom stereocenters. The number of rotatable bonds is 5. The van der Waals surface area contributed by atoms with Gasteiger partial charge in [-0.1, -0.05) is 6.92 Å². The van der Waals surface area contributed by atoms with Gasteiger partial charge in [-0.2, -0.15) is 0 Å². The van der Waals surface area contributed by atoms with Crippen LogP contribution in [0, 0.1) is 0 Å². The van der Waals surface area contributed by atoms with E-state index >= 15 is 0 Å². The Labute approximate surface area is 81.7 Å². The highest BCUT2D eigenvalue weighted by molar-refractivity contribution is 4.75. The van der Waals surface area contributed by atoms with Crippen LogP contribution in [0.25, 0.3) is 0 Å². The third-order valence-electron chi connectivity index (χ3n) is 2.66. The molecule has 0 N–H and O–H groups in total. The van der Waals surface area contributed by atoms with E-state index in [1.165, 1.54) is 6.42 Å². The summed E-state index contributed by atoms with van der Waals surface area (Å²) in [6.45, 7) is 7.56. The van der Waals surface area contributed by atoms with E-state index in [1.807, 2.05) is 0 Å². The first-order valence-electron chi connectivity index (χ1n) is 5.20. The Morgan fingerprint density at radius 3 is 2.54 bits per heavy atom. The van der Waals surface area contributed by atoms with E-state index in [9.17, 15) is 0 Å². The summed E-state index contributed by atoms with van der Waals surface area (Å²) in [7, 11) is 4.25. The highest BCUT2D eigenvalue weighted by Crippen LogP contribution is 2.11. The van der Waals surface area contributed by atoms with Gasteiger partial charge in [-0.25, -0.2) is 0 Å². The highest BCUT2D eigenvalue weighted by atomic mass is 16.5. The minimum Gasteiger partial charge on any atom is -0.380 e. The number of hydrogen-bond donors (Lipinski definition) is 0. The molecule has 3 nitrogen and oxygen atoms in total. The molecule has 78 valence electrons. The van der Waals surface area contributed by atoms with E-state index in [4.69, 9.17) is 4.74 Å². The molecule has 1 saturated heterocycles. The van der Waals surface area contributed by atoms with E-state index in [0.717, 1.165) is 32.8 Å². The molecule has 0 spiro atoms. The quantitative estimate of drug-likeness (QED) is 0.627. The van der Waals surface area contributed by atoms with Crippen molar-refractivity contribution < 1.29 is 4.74 Å². The van der Waals surface area contributed by atoms with Crippen LogP contribution in [0.1, 0.15) is 13.3 Å². The molecule has 1 fully saturated rings. The lowest BCUT2D eigenvalue weighted by atomic mass is 10.2. The van der Waals surface area contributed by atoms with Crippen LogP contribution in [0.2, 0.25) is 0 Å². The maximum absolute atomic E-state index is 5.39. The first-order valence-corrected chi connectivity index (χ1v) is 5.20. The monoisotopic (exact) mass is 186 g/mol. The maximum Gasteiger partial charge on any atom is 0.0622 e. The van der Waals surface area contributed by atoms with Gasteiger partial charge in [0.2, 0.25) is 0 Å². The molecular formula is C10H22N2O. The lowest BCUT2D eigenvalue weighted by Crippen LogP contribution is -2.39. The molecule has 1 aliphatic rings. The van der Waals surface area contributed by atoms with E-state index in [2.05, 4.69) is 30.8 Å². The van der Waals surface area contributed by atoms with Crippen LogP contribution in [0.15, 0.2) is 0 Å². The molecule has 3 heteroatoms. The van der Waals surface area contributed by atoms with Crippen molar-refractivity contribution in [2.45, 2.75) is 19.4 Å². The topological polar surface area (TPSA) is 15.7 Å². The molecule has 0 aromatic rings. The van der Waals surface area contributed by atoms with Crippen molar-refractivity contribution in [1.29, 1.82) is 0 Å². The highest BCUT2D eigenvalue weighted by Gasteiger charge is 2.21. The van der Waals surface area contributed by atoms with Crippen LogP contribution < -0.4 is 0 Å². The Kier molecular flexibility index (Phi) is 4.70. The van der Waals surface area contributed by atoms with Gasteiger partial charge >= 0.3 is 0 Å². The molecule has 0 radical (unpaired) electrons. The molecule has 0 saturated carbocycles. The molecule has 13 heavy (non-hydrogen) atoms. The zero-order valence-electron chi connectivity index (χ0n) is 9.12. The second kappa shape index (κ2) is 5.58. The molecule has 1 heterocycles. The smallest absolute Gasteiger partial charge is 0.0622 e. The Hall–Kier alpha value is -0.120. The lowest BCUT2D eigenvalue weighted by molar-refractivity contribution is 0.141. The third-order valence-corrected chi connectivity index (χ3v) is 2.66. The summed E-state index contributed by atoms with van der Waals surface area (Å²) in [5.41, 5.74) is 0. The van der Waals surface area contributed by atoms with Crippen LogP contribution in [0.4, 0.5) is 0 Å². The van der Waals surface area contributed by atoms with Gasteiger partial charge < -0.3 is 9.64 Å². The van der Waals surface area contributed by atoms with E-state index < -0.39 is 0 Å². The Morgan fingerprint density at radius 1 is 1.31 bits per heavy atom. The SMILES string of the molecule is CCN(CCN(C)C)C1CCOC1. The zero-order chi connectivity index (χ0) is 9.68. The first-order chi connectivity index (χ1) is 6.24. The van der Waals surface area contributed by atoms with E-state index in [1.54, 1.807) is 0 Å². The van der Waals surface area contributed by atoms with Crippen molar-refractivity contribution in [1.82, 2.24) is 9.80 Å². The molecule has 1 unspecified atom stereocenters. The predicted octanol–water partition coefficient (Wildman–Crippen LogP) is 0.659. The minimum absolute atomic E-state index is 0.671. The fourth-order valence-corrected chi connectivity index (χ4v) is 1.74. The van der Waals surface area contributed by atoms with Gasteiger partial charge in [0.05, 0.1) is 6.61 Å². The molecule has 0 bridgehead atoms. The van der Waals surface area contributed by atoms with Crippen LogP contribution >= 0.6 is 0 Å². The average molecular weight is 186 g/mol. The second-order valence-corrected chi connectivity index (χ2v) is 3.95. The fraction of sp³-hybridized carbons (Fsp3) is 1.00. The van der Waals surface area contributed by atoms with Crippen molar-refractivity contribution in [3.05, 3.63) is 0 Å². The zero-order valence-corrected chi connectivity index (χ0v) is 9.12. The molecular weight excluding hydrogens is 164 g/mol. The maximum atomic E-state index is 5.39. The first kappa shape index (κ1) is 11.0. The number of hydrogen-bond acceptors (Lipinski definition) is 3. The summed E-state index contributed by atoms with van der Waals surface area (Å²) in [5.74, 6) is 0. The standard InChI is InChI=1S/C10H22N2O/c1-4-12(7-6-11(2)3)10-5-8-13-9-10/h10H,4-9H2,1-3H3. The summed E-state index contributed by atoms with van der Waals surface area (Å²) in [5, 5.41) is 0. The van der Waals surface area contributed by atoms with Crippen molar-refractivity contribution in [3.63, 3.8) is 0 Å². The summed E-state index contributed by atoms with van der Waals surface area (Å²) in [4.78, 5) is 4.76. The van der Waals surface area contributed by atoms with Gasteiger partial charge in [-0.05, 0) is 27.1 Å². The van der Waals surface area contributed by atoms with Crippen LogP contribution in [0.5, 0.6) is 0 Å². The summed E-state index contributed by atoms with van der Waals surface area (Å²) in [6, 6.07) is 0.671.